The molecule has 0 radical (unpaired) electrons. The van der Waals surface area contributed by atoms with Crippen LogP contribution in [0, 0.1) is 5.92 Å². The molecule has 2 unspecified atom stereocenters. The first-order valence-electron chi connectivity index (χ1n) is 10.2. The van der Waals surface area contributed by atoms with Crippen molar-refractivity contribution >= 4 is 22.9 Å². The second-order valence-corrected chi connectivity index (χ2v) is 7.96. The van der Waals surface area contributed by atoms with Crippen molar-refractivity contribution in [1.82, 2.24) is 10.4 Å². The first-order chi connectivity index (χ1) is 15.1. The van der Waals surface area contributed by atoms with Gasteiger partial charge in [0.25, 0.3) is 0 Å². The van der Waals surface area contributed by atoms with Crippen molar-refractivity contribution in [1.29, 1.82) is 0 Å². The molecule has 0 bridgehead atoms. The van der Waals surface area contributed by atoms with Crippen LogP contribution in [0.3, 0.4) is 0 Å². The zero-order chi connectivity index (χ0) is 21.3. The molecule has 1 aromatic heterocycles. The molecule has 0 aliphatic heterocycles. The molecule has 3 aromatic carbocycles. The van der Waals surface area contributed by atoms with E-state index in [-0.39, 0.29) is 11.8 Å². The molecule has 1 aliphatic carbocycles. The van der Waals surface area contributed by atoms with Gasteiger partial charge in [0.1, 0.15) is 0 Å². The Morgan fingerprint density at radius 2 is 1.77 bits per heavy atom. The lowest BCUT2D eigenvalue weighted by Gasteiger charge is -2.12. The lowest BCUT2D eigenvalue weighted by Crippen LogP contribution is -2.30. The minimum Gasteiger partial charge on any atom is -0.321 e. The molecule has 3 N–H and O–H groups in total. The summed E-state index contributed by atoms with van der Waals surface area (Å²) in [6.45, 7) is 0. The third kappa shape index (κ3) is 3.83. The van der Waals surface area contributed by atoms with Crippen LogP contribution in [0.5, 0.6) is 0 Å². The Morgan fingerprint density at radius 1 is 1.00 bits per heavy atom. The van der Waals surface area contributed by atoms with Crippen molar-refractivity contribution in [3.05, 3.63) is 102 Å². The highest BCUT2D eigenvalue weighted by Gasteiger charge is 2.56. The summed E-state index contributed by atoms with van der Waals surface area (Å²) in [5.74, 6) is -0.439. The Bertz CT molecular complexity index is 1270. The normalized spacial score (nSPS) is 20.1. The van der Waals surface area contributed by atoms with Gasteiger partial charge in [-0.3, -0.25) is 9.78 Å². The maximum Gasteiger partial charge on any atom is 0.245 e. The number of carbonyl (C=O) groups excluding carboxylic acids is 1. The number of pyridine rings is 1. The molecule has 31 heavy (non-hydrogen) atoms. The fourth-order valence-corrected chi connectivity index (χ4v) is 3.96. The van der Waals surface area contributed by atoms with Gasteiger partial charge in [-0.1, -0.05) is 66.7 Å². The third-order valence-electron chi connectivity index (χ3n) is 5.90. The van der Waals surface area contributed by atoms with Crippen LogP contribution in [0.2, 0.25) is 0 Å². The topological polar surface area (TPSA) is 80.4 Å². The quantitative estimate of drug-likeness (QED) is 0.385. The Balaban J connectivity index is 1.23. The monoisotopic (exact) mass is 406 g/mol. The van der Waals surface area contributed by atoms with E-state index in [1.165, 1.54) is 0 Å². The maximum absolute atomic E-state index is 12.6. The van der Waals surface area contributed by atoms with Gasteiger partial charge in [-0.05, 0) is 46.2 Å². The van der Waals surface area contributed by atoms with E-state index in [0.717, 1.165) is 33.0 Å². The average Bonchev–Trinajstić information content (AvgIpc) is 3.52. The van der Waals surface area contributed by atoms with Crippen LogP contribution >= 0.6 is 0 Å². The number of amides is 1. The van der Waals surface area contributed by atoms with E-state index < -0.39 is 5.54 Å². The van der Waals surface area contributed by atoms with E-state index in [1.807, 2.05) is 60.8 Å². The lowest BCUT2D eigenvalue weighted by molar-refractivity contribution is -0.122. The zero-order valence-corrected chi connectivity index (χ0v) is 16.9. The summed E-state index contributed by atoms with van der Waals surface area (Å²) in [7, 11) is 0. The van der Waals surface area contributed by atoms with Gasteiger partial charge in [0.15, 0.2) is 0 Å². The highest BCUT2D eigenvalue weighted by atomic mass is 16.2. The molecular weight excluding hydrogens is 384 g/mol. The van der Waals surface area contributed by atoms with Gasteiger partial charge in [0, 0.05) is 17.8 Å². The smallest absolute Gasteiger partial charge is 0.245 e. The summed E-state index contributed by atoms with van der Waals surface area (Å²) in [4.78, 5) is 16.7. The molecule has 152 valence electrons. The first kappa shape index (κ1) is 19.2. The lowest BCUT2D eigenvalue weighted by atomic mass is 9.98. The molecule has 2 atom stereocenters. The van der Waals surface area contributed by atoms with Gasteiger partial charge in [0.05, 0.1) is 17.7 Å². The number of benzene rings is 3. The SMILES string of the molecule is NC1(c2ccc(-c3ccccc3)cc2)CC1C(=O)N/N=C/c1ccc2cnccc2c1. The summed E-state index contributed by atoms with van der Waals surface area (Å²) >= 11 is 0. The van der Waals surface area contributed by atoms with Crippen molar-refractivity contribution in [3.8, 4) is 11.1 Å². The maximum atomic E-state index is 12.6. The van der Waals surface area contributed by atoms with E-state index >= 15 is 0 Å². The molecule has 1 aliphatic rings. The molecule has 1 saturated carbocycles. The molecule has 1 heterocycles. The summed E-state index contributed by atoms with van der Waals surface area (Å²) in [6, 6.07) is 26.2. The van der Waals surface area contributed by atoms with Crippen molar-refractivity contribution in [2.45, 2.75) is 12.0 Å². The fourth-order valence-electron chi connectivity index (χ4n) is 3.96. The van der Waals surface area contributed by atoms with Gasteiger partial charge in [-0.25, -0.2) is 5.43 Å². The summed E-state index contributed by atoms with van der Waals surface area (Å²) < 4.78 is 0. The number of fused-ring (bicyclic) bond motifs is 1. The number of nitrogens with two attached hydrogens (primary N) is 1. The van der Waals surface area contributed by atoms with Crippen molar-refractivity contribution < 1.29 is 4.79 Å². The summed E-state index contributed by atoms with van der Waals surface area (Å²) in [5.41, 5.74) is 12.7. The minimum absolute atomic E-state index is 0.157. The second kappa shape index (κ2) is 7.78. The largest absolute Gasteiger partial charge is 0.321 e. The van der Waals surface area contributed by atoms with Gasteiger partial charge < -0.3 is 5.73 Å². The van der Waals surface area contributed by atoms with Gasteiger partial charge in [-0.15, -0.1) is 0 Å². The molecule has 4 aromatic rings. The number of aromatic nitrogens is 1. The van der Waals surface area contributed by atoms with Crippen LogP contribution in [0.4, 0.5) is 0 Å². The summed E-state index contributed by atoms with van der Waals surface area (Å²) in [5, 5.41) is 6.27. The molecule has 0 spiro atoms. The molecule has 1 fully saturated rings. The predicted octanol–water partition coefficient (Wildman–Crippen LogP) is 4.23. The minimum atomic E-state index is -0.634. The van der Waals surface area contributed by atoms with Crippen LogP contribution in [0.25, 0.3) is 21.9 Å². The molecule has 5 rings (SSSR count). The van der Waals surface area contributed by atoms with E-state index in [9.17, 15) is 4.79 Å². The number of nitrogens with zero attached hydrogens (tertiary/aromatic N) is 2. The number of rotatable bonds is 5. The Kier molecular flexibility index (Phi) is 4.81. The highest BCUT2D eigenvalue weighted by molar-refractivity contribution is 5.91. The fraction of sp³-hybridized carbons (Fsp3) is 0.115. The summed E-state index contributed by atoms with van der Waals surface area (Å²) in [6.07, 6.45) is 5.83. The molecule has 5 heteroatoms. The molecular formula is C26H22N4O. The standard InChI is InChI=1S/C26H22N4O/c27-26(23-10-8-20(9-11-23)19-4-2-1-3-5-19)15-24(26)25(31)30-29-16-18-6-7-22-17-28-13-12-21(22)14-18/h1-14,16-17,24H,15,27H2,(H,30,31)/b29-16+. The van der Waals surface area contributed by atoms with Crippen LogP contribution in [0.1, 0.15) is 17.5 Å². The van der Waals surface area contributed by atoms with E-state index in [1.54, 1.807) is 12.4 Å². The van der Waals surface area contributed by atoms with E-state index in [0.29, 0.717) is 6.42 Å². The highest BCUT2D eigenvalue weighted by Crippen LogP contribution is 2.49. The Labute approximate surface area is 180 Å². The Hall–Kier alpha value is -3.83. The van der Waals surface area contributed by atoms with E-state index in [4.69, 9.17) is 5.73 Å². The van der Waals surface area contributed by atoms with Gasteiger partial charge >= 0.3 is 0 Å². The van der Waals surface area contributed by atoms with Crippen LogP contribution < -0.4 is 11.2 Å². The third-order valence-corrected chi connectivity index (χ3v) is 5.90. The number of hydrogen-bond acceptors (Lipinski definition) is 4. The number of hydrazone groups is 1. The average molecular weight is 406 g/mol. The van der Waals surface area contributed by atoms with Crippen molar-refractivity contribution in [3.63, 3.8) is 0 Å². The van der Waals surface area contributed by atoms with Gasteiger partial charge in [0.2, 0.25) is 5.91 Å². The number of hydrogen-bond donors (Lipinski definition) is 2. The molecule has 0 saturated heterocycles. The zero-order valence-electron chi connectivity index (χ0n) is 16.9. The van der Waals surface area contributed by atoms with Crippen molar-refractivity contribution in [2.75, 3.05) is 0 Å². The van der Waals surface area contributed by atoms with Crippen LogP contribution in [-0.2, 0) is 10.3 Å². The van der Waals surface area contributed by atoms with Gasteiger partial charge in [-0.2, -0.15) is 5.10 Å². The molecule has 1 amide bonds. The van der Waals surface area contributed by atoms with E-state index in [2.05, 4.69) is 39.8 Å². The van der Waals surface area contributed by atoms with Crippen molar-refractivity contribution in [2.24, 2.45) is 16.8 Å². The number of nitrogens with one attached hydrogen (secondary N) is 1. The first-order valence-corrected chi connectivity index (χ1v) is 10.2. The molecule has 5 nitrogen and oxygen atoms in total. The van der Waals surface area contributed by atoms with Crippen LogP contribution in [0.15, 0.2) is 96.4 Å². The predicted molar refractivity (Wildman–Crippen MR) is 123 cm³/mol. The Morgan fingerprint density at radius 3 is 2.58 bits per heavy atom. The van der Waals surface area contributed by atoms with Crippen LogP contribution in [-0.4, -0.2) is 17.1 Å². The second-order valence-electron chi connectivity index (χ2n) is 7.96. The number of carbonyl (C=O) groups is 1.